The Labute approximate surface area is 305 Å². The second-order valence-electron chi connectivity index (χ2n) is 13.5. The molecule has 11 heteroatoms. The third-order valence-electron chi connectivity index (χ3n) is 9.49. The molecule has 0 aromatic heterocycles. The number of hydrogen-bond acceptors (Lipinski definition) is 6. The van der Waals surface area contributed by atoms with Crippen LogP contribution in [0.4, 0.5) is 0 Å². The van der Waals surface area contributed by atoms with Crippen molar-refractivity contribution in [2.75, 3.05) is 26.7 Å². The molecule has 1 aromatic carbocycles. The number of amides is 2. The van der Waals surface area contributed by atoms with Gasteiger partial charge in [-0.05, 0) is 69.7 Å². The number of amidine groups is 1. The lowest BCUT2D eigenvalue weighted by atomic mass is 9.79. The second kappa shape index (κ2) is 19.0. The molecule has 4 rings (SSSR count). The van der Waals surface area contributed by atoms with E-state index in [-0.39, 0.29) is 23.3 Å². The summed E-state index contributed by atoms with van der Waals surface area (Å²) >= 11 is 5.77. The predicted octanol–water partition coefficient (Wildman–Crippen LogP) is 4.15. The number of nitrogens with one attached hydrogen (secondary N) is 4. The van der Waals surface area contributed by atoms with Crippen LogP contribution >= 0.6 is 11.6 Å². The summed E-state index contributed by atoms with van der Waals surface area (Å²) < 4.78 is 5.96. The van der Waals surface area contributed by atoms with Gasteiger partial charge in [-0.2, -0.15) is 0 Å². The van der Waals surface area contributed by atoms with Crippen molar-refractivity contribution in [1.29, 1.82) is 0 Å². The SMILES string of the molecule is CC.CCC(N)=[NH+]C1CNC(=C(C)C)N2CC(NC(=O)c3cccc4c3OCCC4(C)C)[C@@H](O)C12C.C\C=C(Cl)/C=C\C(=C\CC)C(=O)NC. The summed E-state index contributed by atoms with van der Waals surface area (Å²) in [7, 11) is 1.61. The third kappa shape index (κ3) is 9.72. The quantitative estimate of drug-likeness (QED) is 0.103. The summed E-state index contributed by atoms with van der Waals surface area (Å²) in [4.78, 5) is 30.4. The van der Waals surface area contributed by atoms with Crippen LogP contribution in [0.2, 0.25) is 0 Å². The molecule has 2 saturated heterocycles. The Hall–Kier alpha value is -3.76. The zero-order valence-electron chi connectivity index (χ0n) is 32.1. The van der Waals surface area contributed by atoms with Gasteiger partial charge in [-0.15, -0.1) is 0 Å². The van der Waals surface area contributed by atoms with Crippen LogP contribution < -0.4 is 31.4 Å². The zero-order valence-corrected chi connectivity index (χ0v) is 32.8. The van der Waals surface area contributed by atoms with Gasteiger partial charge in [0.1, 0.15) is 29.3 Å². The molecule has 0 spiro atoms. The number of carbonyl (C=O) groups is 2. The molecule has 0 radical (unpaired) electrons. The summed E-state index contributed by atoms with van der Waals surface area (Å²) in [6, 6.07) is 5.17. The number of aliphatic hydroxyl groups excluding tert-OH is 1. The van der Waals surface area contributed by atoms with E-state index in [4.69, 9.17) is 22.1 Å². The molecular weight excluding hydrogens is 652 g/mol. The van der Waals surface area contributed by atoms with Gasteiger partial charge in [0.15, 0.2) is 0 Å². The Balaban J connectivity index is 0.000000458. The molecule has 0 aliphatic carbocycles. The summed E-state index contributed by atoms with van der Waals surface area (Å²) in [5.41, 5.74) is 8.78. The van der Waals surface area contributed by atoms with E-state index in [1.807, 2.05) is 59.8 Å². The first-order valence-corrected chi connectivity index (χ1v) is 18.3. The smallest absolute Gasteiger partial charge is 0.255 e. The number of benzene rings is 1. The van der Waals surface area contributed by atoms with E-state index in [0.717, 1.165) is 29.8 Å². The van der Waals surface area contributed by atoms with Crippen LogP contribution in [0.1, 0.15) is 104 Å². The highest BCUT2D eigenvalue weighted by atomic mass is 35.5. The van der Waals surface area contributed by atoms with Crippen molar-refractivity contribution in [3.63, 3.8) is 0 Å². The van der Waals surface area contributed by atoms with Crippen LogP contribution in [-0.4, -0.2) is 78.1 Å². The molecule has 278 valence electrons. The standard InChI is InChI=1S/C26H39N5O3.C11H16ClNO.C2H6/c1-7-20(27)30-19-13-28-23(15(2)3)31-14-18(22(32)26(19,31)6)29-24(33)16-9-8-10-17-21(16)34-12-11-25(17,4)5;1-4-6-9(11(14)13-3)7-8-10(12)5-2;1-2/h8-10,18-19,22,28,32H,7,11-14H2,1-6H3,(H2,27,30)(H,29,33);5-8H,4H2,1-3H3,(H,13,14);1-2H3/p+1/b;8-7-,9-6-,10-5+;/t18?,19?,22-,26?;;/m1../s1. The molecule has 50 heavy (non-hydrogen) atoms. The topological polar surface area (TPSA) is 143 Å². The van der Waals surface area contributed by atoms with Crippen molar-refractivity contribution in [1.82, 2.24) is 20.9 Å². The maximum atomic E-state index is 13.5. The van der Waals surface area contributed by atoms with Crippen LogP contribution in [-0.2, 0) is 10.2 Å². The molecule has 3 aliphatic heterocycles. The average Bonchev–Trinajstić information content (AvgIpc) is 3.36. The molecule has 3 unspecified atom stereocenters. The first-order valence-electron chi connectivity index (χ1n) is 17.9. The molecule has 3 aliphatic rings. The number of hydrogen-bond donors (Lipinski definition) is 6. The number of rotatable bonds is 8. The summed E-state index contributed by atoms with van der Waals surface area (Å²) in [6.45, 7) is 22.0. The van der Waals surface area contributed by atoms with Crippen LogP contribution in [0, 0.1) is 0 Å². The molecule has 0 bridgehead atoms. The number of nitrogens with zero attached hydrogens (tertiary/aromatic N) is 1. The van der Waals surface area contributed by atoms with Crippen LogP contribution in [0.3, 0.4) is 0 Å². The van der Waals surface area contributed by atoms with Gasteiger partial charge in [-0.25, -0.2) is 0 Å². The number of fused-ring (bicyclic) bond motifs is 2. The van der Waals surface area contributed by atoms with E-state index in [1.165, 1.54) is 0 Å². The Morgan fingerprint density at radius 2 is 1.88 bits per heavy atom. The number of carbonyl (C=O) groups excluding carboxylic acids is 2. The first-order chi connectivity index (χ1) is 23.7. The first kappa shape index (κ1) is 42.4. The Morgan fingerprint density at radius 1 is 1.20 bits per heavy atom. The van der Waals surface area contributed by atoms with Gasteiger partial charge in [-0.3, -0.25) is 20.3 Å². The highest BCUT2D eigenvalue weighted by molar-refractivity contribution is 6.31. The summed E-state index contributed by atoms with van der Waals surface area (Å²) in [5, 5.41) is 21.4. The zero-order chi connectivity index (χ0) is 37.8. The number of halogens is 1. The van der Waals surface area contributed by atoms with Crippen LogP contribution in [0.5, 0.6) is 5.75 Å². The minimum atomic E-state index is -0.799. The third-order valence-corrected chi connectivity index (χ3v) is 9.84. The molecule has 1 aromatic rings. The van der Waals surface area contributed by atoms with E-state index in [2.05, 4.69) is 53.5 Å². The Kier molecular flexibility index (Phi) is 16.1. The van der Waals surface area contributed by atoms with E-state index < -0.39 is 17.7 Å². The highest BCUT2D eigenvalue weighted by Gasteiger charge is 2.59. The Morgan fingerprint density at radius 3 is 2.46 bits per heavy atom. The van der Waals surface area contributed by atoms with Gasteiger partial charge in [0.2, 0.25) is 5.84 Å². The van der Waals surface area contributed by atoms with Gasteiger partial charge >= 0.3 is 0 Å². The largest absolute Gasteiger partial charge is 0.492 e. The minimum absolute atomic E-state index is 0.0521. The maximum Gasteiger partial charge on any atom is 0.255 e. The summed E-state index contributed by atoms with van der Waals surface area (Å²) in [6.07, 6.45) is 8.68. The number of nitrogens with two attached hydrogens (primary N) is 1. The molecule has 2 fully saturated rings. The van der Waals surface area contributed by atoms with Crippen molar-refractivity contribution in [3.05, 3.63) is 75.6 Å². The van der Waals surface area contributed by atoms with Crippen molar-refractivity contribution < 1.29 is 24.4 Å². The fraction of sp³-hybridized carbons (Fsp3) is 0.564. The number of allylic oxidation sites excluding steroid dienone is 5. The molecule has 2 amide bonds. The van der Waals surface area contributed by atoms with E-state index in [9.17, 15) is 14.7 Å². The molecular formula is C39H62ClN6O4+. The number of ether oxygens (including phenoxy) is 1. The van der Waals surface area contributed by atoms with Crippen LogP contribution in [0.15, 0.2) is 64.5 Å². The highest BCUT2D eigenvalue weighted by Crippen LogP contribution is 2.41. The van der Waals surface area contributed by atoms with Crippen molar-refractivity contribution in [3.8, 4) is 5.75 Å². The Bertz CT molecular complexity index is 1490. The lowest BCUT2D eigenvalue weighted by Gasteiger charge is -2.47. The second-order valence-corrected chi connectivity index (χ2v) is 13.9. The number of likely N-dealkylation sites (N-methyl/N-ethyl adjacent to an activating group) is 1. The lowest BCUT2D eigenvalue weighted by molar-refractivity contribution is -0.525. The van der Waals surface area contributed by atoms with Crippen LogP contribution in [0.25, 0.3) is 0 Å². The van der Waals surface area contributed by atoms with Gasteiger partial charge in [-0.1, -0.05) is 77.4 Å². The lowest BCUT2D eigenvalue weighted by Crippen LogP contribution is -2.92. The van der Waals surface area contributed by atoms with Gasteiger partial charge in [0.05, 0.1) is 24.8 Å². The van der Waals surface area contributed by atoms with Crippen molar-refractivity contribution in [2.45, 2.75) is 118 Å². The van der Waals surface area contributed by atoms with E-state index in [1.54, 1.807) is 31.3 Å². The summed E-state index contributed by atoms with van der Waals surface area (Å²) in [5.74, 6) is 2.02. The number of para-hydroxylation sites is 1. The van der Waals surface area contributed by atoms with Crippen molar-refractivity contribution in [2.24, 2.45) is 5.73 Å². The fourth-order valence-electron chi connectivity index (χ4n) is 6.44. The predicted molar refractivity (Wildman–Crippen MR) is 205 cm³/mol. The van der Waals surface area contributed by atoms with Gasteiger partial charge < -0.3 is 30.7 Å². The molecule has 7 N–H and O–H groups in total. The monoisotopic (exact) mass is 713 g/mol. The molecule has 0 saturated carbocycles. The fourth-order valence-corrected chi connectivity index (χ4v) is 6.50. The average molecular weight is 714 g/mol. The van der Waals surface area contributed by atoms with E-state index >= 15 is 0 Å². The van der Waals surface area contributed by atoms with E-state index in [0.29, 0.717) is 53.9 Å². The maximum absolute atomic E-state index is 13.5. The minimum Gasteiger partial charge on any atom is -0.492 e. The van der Waals surface area contributed by atoms with Crippen molar-refractivity contribution >= 4 is 29.3 Å². The molecule has 3 heterocycles. The van der Waals surface area contributed by atoms with Gasteiger partial charge in [0, 0.05) is 36.2 Å². The number of aliphatic hydroxyl groups is 1. The normalized spacial score (nSPS) is 24.3. The molecule has 10 nitrogen and oxygen atoms in total. The van der Waals surface area contributed by atoms with Gasteiger partial charge in [0.25, 0.3) is 11.8 Å². The molecule has 4 atom stereocenters.